The fourth-order valence-electron chi connectivity index (χ4n) is 3.09. The molecule has 2 aliphatic rings. The van der Waals surface area contributed by atoms with E-state index in [-0.39, 0.29) is 5.91 Å². The lowest BCUT2D eigenvalue weighted by Gasteiger charge is -2.41. The van der Waals surface area contributed by atoms with Crippen molar-refractivity contribution in [2.24, 2.45) is 11.8 Å². The molecule has 1 unspecified atom stereocenters. The Bertz CT molecular complexity index is 641. The van der Waals surface area contributed by atoms with Crippen molar-refractivity contribution in [2.75, 3.05) is 26.3 Å². The van der Waals surface area contributed by atoms with Gasteiger partial charge in [-0.1, -0.05) is 0 Å². The molecule has 1 amide bonds. The number of ether oxygens (including phenoxy) is 1. The molecule has 0 aromatic carbocycles. The topological polar surface area (TPSA) is 71.1 Å². The molecule has 4 heterocycles. The van der Waals surface area contributed by atoms with Crippen LogP contribution >= 0.6 is 0 Å². The zero-order valence-corrected chi connectivity index (χ0v) is 11.1. The van der Waals surface area contributed by atoms with Crippen LogP contribution in [0.15, 0.2) is 18.6 Å². The molecular weight excluding hydrogens is 256 g/mol. The van der Waals surface area contributed by atoms with Crippen molar-refractivity contribution >= 4 is 16.9 Å². The van der Waals surface area contributed by atoms with Gasteiger partial charge >= 0.3 is 0 Å². The molecule has 1 atom stereocenters. The summed E-state index contributed by atoms with van der Waals surface area (Å²) in [5.41, 5.74) is 1.21. The number of carbonyl (C=O) groups excluding carboxylic acids is 1. The summed E-state index contributed by atoms with van der Waals surface area (Å²) in [7, 11) is 0. The van der Waals surface area contributed by atoms with Crippen molar-refractivity contribution in [1.82, 2.24) is 19.9 Å². The SMILES string of the molecule is O=C(c1ncnc2[nH]ccc12)N1CC(C2CCOC2)C1. The van der Waals surface area contributed by atoms with Crippen molar-refractivity contribution in [3.05, 3.63) is 24.3 Å². The van der Waals surface area contributed by atoms with Gasteiger partial charge in [-0.15, -0.1) is 0 Å². The summed E-state index contributed by atoms with van der Waals surface area (Å²) in [6, 6.07) is 1.85. The number of aromatic nitrogens is 3. The van der Waals surface area contributed by atoms with Crippen molar-refractivity contribution in [3.63, 3.8) is 0 Å². The van der Waals surface area contributed by atoms with Gasteiger partial charge in [-0.3, -0.25) is 4.79 Å². The van der Waals surface area contributed by atoms with E-state index in [9.17, 15) is 4.79 Å². The lowest BCUT2D eigenvalue weighted by Crippen LogP contribution is -2.53. The predicted molar refractivity (Wildman–Crippen MR) is 72.2 cm³/mol. The molecular formula is C14H16N4O2. The average molecular weight is 272 g/mol. The van der Waals surface area contributed by atoms with E-state index in [0.717, 1.165) is 38.1 Å². The fraction of sp³-hybridized carbons (Fsp3) is 0.500. The van der Waals surface area contributed by atoms with E-state index in [4.69, 9.17) is 4.74 Å². The first-order valence-electron chi connectivity index (χ1n) is 6.98. The number of aromatic amines is 1. The highest BCUT2D eigenvalue weighted by molar-refractivity contribution is 6.03. The molecule has 2 aliphatic heterocycles. The number of amides is 1. The van der Waals surface area contributed by atoms with Gasteiger partial charge in [0, 0.05) is 32.5 Å². The van der Waals surface area contributed by atoms with Crippen LogP contribution in [-0.2, 0) is 4.74 Å². The smallest absolute Gasteiger partial charge is 0.273 e. The van der Waals surface area contributed by atoms with Gasteiger partial charge in [0.1, 0.15) is 17.7 Å². The van der Waals surface area contributed by atoms with E-state index in [1.165, 1.54) is 6.33 Å². The number of nitrogens with zero attached hydrogens (tertiary/aromatic N) is 3. The Morgan fingerprint density at radius 3 is 3.05 bits per heavy atom. The summed E-state index contributed by atoms with van der Waals surface area (Å²) in [6.45, 7) is 3.36. The number of hydrogen-bond acceptors (Lipinski definition) is 4. The summed E-state index contributed by atoms with van der Waals surface area (Å²) in [5.74, 6) is 1.22. The molecule has 2 saturated heterocycles. The summed E-state index contributed by atoms with van der Waals surface area (Å²) in [4.78, 5) is 25.6. The van der Waals surface area contributed by atoms with Gasteiger partial charge in [0.25, 0.3) is 5.91 Å². The Balaban J connectivity index is 1.50. The van der Waals surface area contributed by atoms with Crippen LogP contribution < -0.4 is 0 Å². The molecule has 0 bridgehead atoms. The second kappa shape index (κ2) is 4.56. The minimum atomic E-state index is 0.00663. The van der Waals surface area contributed by atoms with Crippen molar-refractivity contribution in [3.8, 4) is 0 Å². The summed E-state index contributed by atoms with van der Waals surface area (Å²) in [6.07, 6.45) is 4.35. The Morgan fingerprint density at radius 1 is 1.35 bits per heavy atom. The molecule has 104 valence electrons. The molecule has 4 rings (SSSR count). The maximum absolute atomic E-state index is 12.5. The Kier molecular flexibility index (Phi) is 2.70. The van der Waals surface area contributed by atoms with Crippen LogP contribution in [0.4, 0.5) is 0 Å². The molecule has 0 spiro atoms. The second-order valence-electron chi connectivity index (χ2n) is 5.56. The van der Waals surface area contributed by atoms with Crippen LogP contribution in [0, 0.1) is 11.8 Å². The minimum Gasteiger partial charge on any atom is -0.381 e. The predicted octanol–water partition coefficient (Wildman–Crippen LogP) is 1.07. The Hall–Kier alpha value is -1.95. The average Bonchev–Trinajstić information content (AvgIpc) is 3.07. The third-order valence-corrected chi connectivity index (χ3v) is 4.39. The highest BCUT2D eigenvalue weighted by atomic mass is 16.5. The molecule has 2 aromatic heterocycles. The van der Waals surface area contributed by atoms with E-state index in [2.05, 4.69) is 15.0 Å². The molecule has 2 aromatic rings. The van der Waals surface area contributed by atoms with Crippen molar-refractivity contribution < 1.29 is 9.53 Å². The van der Waals surface area contributed by atoms with Gasteiger partial charge in [-0.25, -0.2) is 9.97 Å². The molecule has 6 heteroatoms. The van der Waals surface area contributed by atoms with Gasteiger partial charge < -0.3 is 14.6 Å². The zero-order valence-electron chi connectivity index (χ0n) is 11.1. The molecule has 0 radical (unpaired) electrons. The first-order valence-corrected chi connectivity index (χ1v) is 6.98. The molecule has 0 saturated carbocycles. The fourth-order valence-corrected chi connectivity index (χ4v) is 3.09. The number of H-pyrrole nitrogens is 1. The van der Waals surface area contributed by atoms with Gasteiger partial charge in [0.2, 0.25) is 0 Å². The largest absolute Gasteiger partial charge is 0.381 e. The van der Waals surface area contributed by atoms with Crippen LogP contribution in [-0.4, -0.2) is 52.1 Å². The first kappa shape index (κ1) is 11.8. The molecule has 20 heavy (non-hydrogen) atoms. The lowest BCUT2D eigenvalue weighted by molar-refractivity contribution is 0.0338. The number of fused-ring (bicyclic) bond motifs is 1. The number of hydrogen-bond donors (Lipinski definition) is 1. The van der Waals surface area contributed by atoms with E-state index in [1.54, 1.807) is 6.20 Å². The molecule has 1 N–H and O–H groups in total. The number of rotatable bonds is 2. The van der Waals surface area contributed by atoms with Crippen molar-refractivity contribution in [2.45, 2.75) is 6.42 Å². The quantitative estimate of drug-likeness (QED) is 0.887. The first-order chi connectivity index (χ1) is 9.83. The Labute approximate surface area is 116 Å². The third-order valence-electron chi connectivity index (χ3n) is 4.39. The molecule has 2 fully saturated rings. The minimum absolute atomic E-state index is 0.00663. The van der Waals surface area contributed by atoms with E-state index < -0.39 is 0 Å². The van der Waals surface area contributed by atoms with Crippen LogP contribution in [0.1, 0.15) is 16.9 Å². The van der Waals surface area contributed by atoms with Gasteiger partial charge in [-0.2, -0.15) is 0 Å². The van der Waals surface area contributed by atoms with E-state index >= 15 is 0 Å². The normalized spacial score (nSPS) is 23.2. The van der Waals surface area contributed by atoms with Gasteiger partial charge in [0.15, 0.2) is 0 Å². The van der Waals surface area contributed by atoms with Crippen LogP contribution in [0.25, 0.3) is 11.0 Å². The number of likely N-dealkylation sites (tertiary alicyclic amines) is 1. The number of nitrogens with one attached hydrogen (secondary N) is 1. The maximum atomic E-state index is 12.5. The Morgan fingerprint density at radius 2 is 2.25 bits per heavy atom. The molecule has 6 nitrogen and oxygen atoms in total. The second-order valence-corrected chi connectivity index (χ2v) is 5.56. The summed E-state index contributed by atoms with van der Waals surface area (Å²) >= 11 is 0. The third kappa shape index (κ3) is 1.79. The zero-order chi connectivity index (χ0) is 13.5. The highest BCUT2D eigenvalue weighted by Gasteiger charge is 2.38. The summed E-state index contributed by atoms with van der Waals surface area (Å²) in [5, 5.41) is 0.796. The van der Waals surface area contributed by atoms with Crippen LogP contribution in [0.2, 0.25) is 0 Å². The van der Waals surface area contributed by atoms with Crippen LogP contribution in [0.3, 0.4) is 0 Å². The monoisotopic (exact) mass is 272 g/mol. The maximum Gasteiger partial charge on any atom is 0.273 e. The standard InChI is InChI=1S/C14H16N4O2/c19-14(12-11-1-3-15-13(11)17-8-16-12)18-5-10(6-18)9-2-4-20-7-9/h1,3,8-10H,2,4-7H2,(H,15,16,17). The van der Waals surface area contributed by atoms with Crippen molar-refractivity contribution in [1.29, 1.82) is 0 Å². The number of carbonyl (C=O) groups is 1. The lowest BCUT2D eigenvalue weighted by atomic mass is 9.85. The summed E-state index contributed by atoms with van der Waals surface area (Å²) < 4.78 is 5.41. The molecule has 0 aliphatic carbocycles. The highest BCUT2D eigenvalue weighted by Crippen LogP contribution is 2.31. The van der Waals surface area contributed by atoms with E-state index in [0.29, 0.717) is 23.2 Å². The van der Waals surface area contributed by atoms with Crippen LogP contribution in [0.5, 0.6) is 0 Å². The van der Waals surface area contributed by atoms with Gasteiger partial charge in [0.05, 0.1) is 5.39 Å². The van der Waals surface area contributed by atoms with E-state index in [1.807, 2.05) is 11.0 Å². The van der Waals surface area contributed by atoms with Gasteiger partial charge in [-0.05, 0) is 24.3 Å².